The highest BCUT2D eigenvalue weighted by Crippen LogP contribution is 2.32. The molecule has 1 aliphatic heterocycles. The van der Waals surface area contributed by atoms with Crippen molar-refractivity contribution in [3.8, 4) is 17.0 Å². The van der Waals surface area contributed by atoms with Crippen LogP contribution in [-0.4, -0.2) is 35.4 Å². The summed E-state index contributed by atoms with van der Waals surface area (Å²) < 4.78 is 7.19. The topological polar surface area (TPSA) is 80.9 Å². The first kappa shape index (κ1) is 16.2. The van der Waals surface area contributed by atoms with E-state index in [-0.39, 0.29) is 12.5 Å². The molecule has 0 spiro atoms. The molecule has 0 aliphatic carbocycles. The van der Waals surface area contributed by atoms with Crippen LogP contribution in [0.2, 0.25) is 0 Å². The van der Waals surface area contributed by atoms with Crippen molar-refractivity contribution in [2.75, 3.05) is 19.0 Å². The van der Waals surface area contributed by atoms with Crippen molar-refractivity contribution in [2.24, 2.45) is 10.1 Å². The van der Waals surface area contributed by atoms with E-state index in [1.54, 1.807) is 30.3 Å². The van der Waals surface area contributed by atoms with Gasteiger partial charge in [-0.05, 0) is 35.9 Å². The van der Waals surface area contributed by atoms with Crippen molar-refractivity contribution in [1.29, 1.82) is 0 Å². The summed E-state index contributed by atoms with van der Waals surface area (Å²) in [5.74, 6) is 0.503. The number of hydrogen-bond acceptors (Lipinski definition) is 6. The van der Waals surface area contributed by atoms with Crippen LogP contribution in [0.25, 0.3) is 11.3 Å². The van der Waals surface area contributed by atoms with Gasteiger partial charge >= 0.3 is 0 Å². The molecule has 1 aliphatic rings. The highest BCUT2D eigenvalue weighted by atomic mass is 32.1. The molecular formula is C18H15N5O2S. The molecule has 26 heavy (non-hydrogen) atoms. The van der Waals surface area contributed by atoms with Crippen LogP contribution in [0.3, 0.4) is 0 Å². The maximum absolute atomic E-state index is 11.6. The van der Waals surface area contributed by atoms with Crippen LogP contribution in [0.4, 0.5) is 5.69 Å². The number of thiazole rings is 1. The lowest BCUT2D eigenvalue weighted by atomic mass is 10.1. The number of amides is 1. The van der Waals surface area contributed by atoms with Gasteiger partial charge in [0.15, 0.2) is 6.61 Å². The van der Waals surface area contributed by atoms with Gasteiger partial charge in [0.05, 0.1) is 17.6 Å². The fourth-order valence-electron chi connectivity index (χ4n) is 2.58. The van der Waals surface area contributed by atoms with E-state index >= 15 is 0 Å². The lowest BCUT2D eigenvalue weighted by Gasteiger charge is -2.18. The third-order valence-electron chi connectivity index (χ3n) is 3.81. The second kappa shape index (κ2) is 6.93. The molecule has 0 saturated heterocycles. The molecule has 1 N–H and O–H groups in total. The summed E-state index contributed by atoms with van der Waals surface area (Å²) in [5, 5.41) is 9.39. The Morgan fingerprint density at radius 2 is 2.15 bits per heavy atom. The van der Waals surface area contributed by atoms with Crippen molar-refractivity contribution in [3.63, 3.8) is 0 Å². The van der Waals surface area contributed by atoms with E-state index in [1.807, 2.05) is 35.7 Å². The molecule has 0 unspecified atom stereocenters. The summed E-state index contributed by atoms with van der Waals surface area (Å²) in [4.78, 5) is 20.6. The maximum Gasteiger partial charge on any atom is 0.262 e. The lowest BCUT2D eigenvalue weighted by molar-refractivity contribution is -0.118. The molecule has 0 radical (unpaired) electrons. The molecule has 2 aromatic heterocycles. The number of pyridine rings is 1. The van der Waals surface area contributed by atoms with Gasteiger partial charge in [0.1, 0.15) is 5.75 Å². The lowest BCUT2D eigenvalue weighted by Crippen LogP contribution is -2.25. The van der Waals surface area contributed by atoms with Gasteiger partial charge < -0.3 is 10.1 Å². The van der Waals surface area contributed by atoms with Crippen LogP contribution in [0.1, 0.15) is 5.56 Å². The van der Waals surface area contributed by atoms with Gasteiger partial charge in [0.25, 0.3) is 5.91 Å². The molecule has 0 fully saturated rings. The Kier molecular flexibility index (Phi) is 4.32. The smallest absolute Gasteiger partial charge is 0.262 e. The highest BCUT2D eigenvalue weighted by Gasteiger charge is 2.17. The molecule has 130 valence electrons. The van der Waals surface area contributed by atoms with E-state index < -0.39 is 0 Å². The number of carbonyl (C=O) groups is 1. The van der Waals surface area contributed by atoms with Gasteiger partial charge in [-0.3, -0.25) is 14.8 Å². The van der Waals surface area contributed by atoms with Crippen LogP contribution in [0.5, 0.6) is 5.75 Å². The summed E-state index contributed by atoms with van der Waals surface area (Å²) >= 11 is 1.50. The van der Waals surface area contributed by atoms with Crippen molar-refractivity contribution in [1.82, 2.24) is 9.66 Å². The minimum atomic E-state index is -0.159. The average molecular weight is 365 g/mol. The number of hydrogen-bond donors (Lipinski definition) is 1. The summed E-state index contributed by atoms with van der Waals surface area (Å²) in [6.07, 6.45) is 5.20. The highest BCUT2D eigenvalue weighted by molar-refractivity contribution is 7.07. The summed E-state index contributed by atoms with van der Waals surface area (Å²) in [6.45, 7) is 0.0416. The van der Waals surface area contributed by atoms with Gasteiger partial charge in [-0.25, -0.2) is 4.68 Å². The molecule has 3 aromatic rings. The minimum absolute atomic E-state index is 0.0416. The van der Waals surface area contributed by atoms with Crippen LogP contribution >= 0.6 is 11.3 Å². The number of benzene rings is 1. The summed E-state index contributed by atoms with van der Waals surface area (Å²) in [5.41, 5.74) is 3.39. The monoisotopic (exact) mass is 365 g/mol. The number of aromatic nitrogens is 2. The molecular weight excluding hydrogens is 350 g/mol. The molecule has 1 amide bonds. The quantitative estimate of drug-likeness (QED) is 0.724. The zero-order valence-electron chi connectivity index (χ0n) is 13.9. The summed E-state index contributed by atoms with van der Waals surface area (Å²) in [6, 6.07) is 9.43. The number of nitrogens with one attached hydrogen (secondary N) is 1. The molecule has 4 rings (SSSR count). The fourth-order valence-corrected chi connectivity index (χ4v) is 3.38. The third kappa shape index (κ3) is 3.14. The second-order valence-electron chi connectivity index (χ2n) is 5.51. The Bertz CT molecular complexity index is 1050. The van der Waals surface area contributed by atoms with E-state index in [4.69, 9.17) is 4.74 Å². The Hall–Kier alpha value is -3.26. The first-order valence-corrected chi connectivity index (χ1v) is 8.77. The molecule has 0 saturated carbocycles. The molecule has 0 bridgehead atoms. The molecule has 7 nitrogen and oxygen atoms in total. The van der Waals surface area contributed by atoms with Crippen molar-refractivity contribution in [3.05, 3.63) is 58.5 Å². The predicted molar refractivity (Wildman–Crippen MR) is 101 cm³/mol. The van der Waals surface area contributed by atoms with Crippen LogP contribution < -0.4 is 14.9 Å². The minimum Gasteiger partial charge on any atom is -0.482 e. The average Bonchev–Trinajstić information content (AvgIpc) is 3.09. The van der Waals surface area contributed by atoms with Gasteiger partial charge in [-0.1, -0.05) is 0 Å². The third-order valence-corrected chi connectivity index (χ3v) is 4.72. The molecule has 0 atom stereocenters. The zero-order chi connectivity index (χ0) is 17.9. The number of fused-ring (bicyclic) bond motifs is 1. The second-order valence-corrected chi connectivity index (χ2v) is 6.35. The first-order chi connectivity index (χ1) is 12.7. The Labute approximate surface area is 153 Å². The van der Waals surface area contributed by atoms with E-state index in [9.17, 15) is 4.79 Å². The van der Waals surface area contributed by atoms with E-state index in [0.717, 1.165) is 21.6 Å². The van der Waals surface area contributed by atoms with Gasteiger partial charge in [0.2, 0.25) is 4.80 Å². The molecule has 1 aromatic carbocycles. The molecule has 3 heterocycles. The predicted octanol–water partition coefficient (Wildman–Crippen LogP) is 2.36. The van der Waals surface area contributed by atoms with Gasteiger partial charge in [-0.2, -0.15) is 5.10 Å². The van der Waals surface area contributed by atoms with E-state index in [0.29, 0.717) is 11.4 Å². The van der Waals surface area contributed by atoms with Gasteiger partial charge in [-0.15, -0.1) is 11.3 Å². The van der Waals surface area contributed by atoms with Crippen molar-refractivity contribution >= 4 is 29.1 Å². The number of nitrogens with zero attached hydrogens (tertiary/aromatic N) is 4. The van der Waals surface area contributed by atoms with E-state index in [2.05, 4.69) is 20.4 Å². The first-order valence-electron chi connectivity index (χ1n) is 7.89. The van der Waals surface area contributed by atoms with Gasteiger partial charge in [0, 0.05) is 30.4 Å². The maximum atomic E-state index is 11.6. The standard InChI is InChI=1S/C18H15N5O2S/c1-19-18-23(21-9-12-4-6-20-7-5-12)15(11-26-18)13-2-3-16-14(8-13)22-17(24)10-25-16/h2-9,11H,10H2,1H3,(H,22,24). The number of rotatable bonds is 3. The largest absolute Gasteiger partial charge is 0.482 e. The number of ether oxygens (including phenoxy) is 1. The zero-order valence-corrected chi connectivity index (χ0v) is 14.7. The number of carbonyl (C=O) groups excluding carboxylic acids is 1. The van der Waals surface area contributed by atoms with Crippen molar-refractivity contribution in [2.45, 2.75) is 0 Å². The Morgan fingerprint density at radius 3 is 2.96 bits per heavy atom. The number of anilines is 1. The van der Waals surface area contributed by atoms with Crippen LogP contribution in [0, 0.1) is 0 Å². The Morgan fingerprint density at radius 1 is 1.31 bits per heavy atom. The molecule has 8 heteroatoms. The summed E-state index contributed by atoms with van der Waals surface area (Å²) in [7, 11) is 1.73. The SMILES string of the molecule is CN=c1scc(-c2ccc3c(c2)NC(=O)CO3)n1N=Cc1ccncc1. The Balaban J connectivity index is 1.76. The van der Waals surface area contributed by atoms with Crippen LogP contribution in [0.15, 0.2) is 58.2 Å². The van der Waals surface area contributed by atoms with Crippen molar-refractivity contribution < 1.29 is 9.53 Å². The fraction of sp³-hybridized carbons (Fsp3) is 0.111. The van der Waals surface area contributed by atoms with Crippen LogP contribution in [-0.2, 0) is 4.79 Å². The van der Waals surface area contributed by atoms with E-state index in [1.165, 1.54) is 11.3 Å². The normalized spacial score (nSPS) is 14.2.